The smallest absolute Gasteiger partial charge is 0.317 e. The van der Waals surface area contributed by atoms with Gasteiger partial charge in [-0.25, -0.2) is 0 Å². The number of hydrogen-bond acceptors (Lipinski definition) is 16. The second-order valence-corrected chi connectivity index (χ2v) is 11.9. The number of carbonyl (C=O) groups is 2. The van der Waals surface area contributed by atoms with Gasteiger partial charge in [-0.05, 0) is 35.4 Å². The lowest BCUT2D eigenvalue weighted by molar-refractivity contribution is -0.291. The predicted octanol–water partition coefficient (Wildman–Crippen LogP) is 0.598. The highest BCUT2D eigenvalue weighted by Crippen LogP contribution is 2.58. The van der Waals surface area contributed by atoms with E-state index in [0.717, 1.165) is 5.56 Å². The van der Waals surface area contributed by atoms with Gasteiger partial charge in [0.1, 0.15) is 48.4 Å². The highest BCUT2D eigenvalue weighted by Gasteiger charge is 2.50. The van der Waals surface area contributed by atoms with E-state index in [0.29, 0.717) is 45.4 Å². The van der Waals surface area contributed by atoms with Crippen LogP contribution >= 0.6 is 0 Å². The zero-order valence-electron chi connectivity index (χ0n) is 26.8. The summed E-state index contributed by atoms with van der Waals surface area (Å²) >= 11 is 0. The summed E-state index contributed by atoms with van der Waals surface area (Å²) in [4.78, 5) is 23.2. The van der Waals surface area contributed by atoms with Gasteiger partial charge in [-0.2, -0.15) is 0 Å². The molecule has 268 valence electrons. The van der Waals surface area contributed by atoms with Crippen LogP contribution in [-0.2, 0) is 19.1 Å². The Morgan fingerprint density at radius 1 is 1.00 bits per heavy atom. The predicted molar refractivity (Wildman–Crippen MR) is 170 cm³/mol. The molecule has 0 spiro atoms. The van der Waals surface area contributed by atoms with E-state index in [2.05, 4.69) is 5.48 Å². The van der Waals surface area contributed by atoms with E-state index in [-0.39, 0.29) is 18.3 Å². The first-order chi connectivity index (χ1) is 23.9. The molecule has 10 N–H and O–H groups in total. The van der Waals surface area contributed by atoms with Crippen molar-refractivity contribution in [1.29, 1.82) is 0 Å². The molecule has 0 aromatic heterocycles. The van der Waals surface area contributed by atoms with Gasteiger partial charge < -0.3 is 65.1 Å². The van der Waals surface area contributed by atoms with E-state index in [1.54, 1.807) is 42.5 Å². The van der Waals surface area contributed by atoms with Crippen LogP contribution in [0.5, 0.6) is 28.7 Å². The van der Waals surface area contributed by atoms with Crippen LogP contribution in [0.2, 0.25) is 0 Å². The third kappa shape index (κ3) is 6.42. The molecule has 8 atom stereocenters. The van der Waals surface area contributed by atoms with Crippen molar-refractivity contribution in [3.05, 3.63) is 59.7 Å². The number of anilines is 1. The van der Waals surface area contributed by atoms with Crippen molar-refractivity contribution in [3.63, 3.8) is 0 Å². The Kier molecular flexibility index (Phi) is 9.90. The van der Waals surface area contributed by atoms with Gasteiger partial charge in [0, 0.05) is 17.2 Å². The fraction of sp³-hybridized carbons (Fsp3) is 0.394. The van der Waals surface area contributed by atoms with Gasteiger partial charge in [-0.15, -0.1) is 0 Å². The molecule has 0 amide bonds. The highest BCUT2D eigenvalue weighted by atomic mass is 16.7. The molecule has 6 rings (SSSR count). The Hall–Kier alpha value is -4.88. The first-order valence-electron chi connectivity index (χ1n) is 15.5. The van der Waals surface area contributed by atoms with Crippen LogP contribution in [0, 0.1) is 0 Å². The molecule has 0 radical (unpaired) electrons. The van der Waals surface area contributed by atoms with Gasteiger partial charge in [-0.3, -0.25) is 20.3 Å². The monoisotopic (exact) mass is 699 g/mol. The Bertz CT molecular complexity index is 1740. The zero-order valence-corrected chi connectivity index (χ0v) is 26.8. The fourth-order valence-corrected chi connectivity index (χ4v) is 6.42. The number of carboxylic acid groups (broad SMARTS) is 1. The molecule has 3 aliphatic rings. The van der Waals surface area contributed by atoms with Crippen molar-refractivity contribution >= 4 is 17.6 Å². The van der Waals surface area contributed by atoms with E-state index in [1.165, 1.54) is 14.2 Å². The molecular weight excluding hydrogens is 662 g/mol. The quantitative estimate of drug-likeness (QED) is 0.0589. The van der Waals surface area contributed by atoms with Crippen molar-refractivity contribution in [2.75, 3.05) is 26.3 Å². The van der Waals surface area contributed by atoms with Gasteiger partial charge in [0.25, 0.3) is 0 Å². The Labute approximate surface area is 284 Å². The number of methoxy groups -OCH3 is 2. The molecule has 1 fully saturated rings. The van der Waals surface area contributed by atoms with Crippen LogP contribution in [0.25, 0.3) is 11.1 Å². The lowest BCUT2D eigenvalue weighted by Crippen LogP contribution is -2.66. The summed E-state index contributed by atoms with van der Waals surface area (Å²) in [7, 11) is 3.05. The maximum Gasteiger partial charge on any atom is 0.317 e. The molecule has 0 bridgehead atoms. The Morgan fingerprint density at radius 2 is 1.74 bits per heavy atom. The minimum atomic E-state index is -1.89. The number of ether oxygens (including phenoxy) is 7. The molecule has 17 heteroatoms. The van der Waals surface area contributed by atoms with Crippen molar-refractivity contribution in [2.45, 2.75) is 61.4 Å². The maximum atomic E-state index is 12.2. The number of fused-ring (bicyclic) bond motifs is 5. The van der Waals surface area contributed by atoms with Crippen molar-refractivity contribution in [3.8, 4) is 39.9 Å². The highest BCUT2D eigenvalue weighted by molar-refractivity contribution is 5.90. The van der Waals surface area contributed by atoms with Crippen molar-refractivity contribution in [2.24, 2.45) is 11.5 Å². The first-order valence-corrected chi connectivity index (χ1v) is 15.5. The average Bonchev–Trinajstić information content (AvgIpc) is 3.48. The van der Waals surface area contributed by atoms with E-state index in [9.17, 15) is 30.1 Å². The summed E-state index contributed by atoms with van der Waals surface area (Å²) in [5.41, 5.74) is 16.9. The number of rotatable bonds is 11. The topological polar surface area (TPSA) is 264 Å². The van der Waals surface area contributed by atoms with Crippen molar-refractivity contribution < 1.29 is 68.4 Å². The maximum absolute atomic E-state index is 12.2. The molecule has 17 nitrogen and oxygen atoms in total. The number of esters is 1. The summed E-state index contributed by atoms with van der Waals surface area (Å²) < 4.78 is 40.9. The largest absolute Gasteiger partial charge is 0.493 e. The molecule has 3 heterocycles. The summed E-state index contributed by atoms with van der Waals surface area (Å²) in [6.45, 7) is 0.212. The Morgan fingerprint density at radius 3 is 2.38 bits per heavy atom. The summed E-state index contributed by atoms with van der Waals surface area (Å²) in [6, 6.07) is 13.6. The lowest BCUT2D eigenvalue weighted by atomic mass is 9.85. The lowest BCUT2D eigenvalue weighted by Gasteiger charge is -2.43. The van der Waals surface area contributed by atoms with E-state index in [1.807, 2.05) is 6.07 Å². The number of aliphatic hydroxyl groups excluding tert-OH is 3. The van der Waals surface area contributed by atoms with Crippen LogP contribution < -0.4 is 40.6 Å². The number of aliphatic hydroxyl groups is 3. The number of hydrogen-bond donors (Lipinski definition) is 8. The van der Waals surface area contributed by atoms with Crippen molar-refractivity contribution in [1.82, 2.24) is 0 Å². The summed E-state index contributed by atoms with van der Waals surface area (Å²) in [5, 5.41) is 50.8. The number of carbonyl (C=O) groups excluding carboxylic acids is 1. The number of carboxylic acids is 1. The van der Waals surface area contributed by atoms with Crippen LogP contribution in [-0.4, -0.2) is 101 Å². The van der Waals surface area contributed by atoms with Crippen LogP contribution in [0.1, 0.15) is 29.6 Å². The normalized spacial score (nSPS) is 25.6. The third-order valence-corrected chi connectivity index (χ3v) is 8.81. The van der Waals surface area contributed by atoms with E-state index >= 15 is 0 Å². The minimum Gasteiger partial charge on any atom is -0.493 e. The fourth-order valence-electron chi connectivity index (χ4n) is 6.42. The Balaban J connectivity index is 1.37. The zero-order chi connectivity index (χ0) is 35.9. The molecule has 3 aromatic carbocycles. The van der Waals surface area contributed by atoms with E-state index in [4.69, 9.17) is 49.7 Å². The summed E-state index contributed by atoms with van der Waals surface area (Å²) in [5.74, 6) is -1.03. The second kappa shape index (κ2) is 14.2. The molecule has 3 aliphatic heterocycles. The molecule has 0 unspecified atom stereocenters. The van der Waals surface area contributed by atoms with Gasteiger partial charge >= 0.3 is 11.9 Å². The van der Waals surface area contributed by atoms with Gasteiger partial charge in [0.15, 0.2) is 17.6 Å². The van der Waals surface area contributed by atoms with Crippen LogP contribution in [0.15, 0.2) is 48.5 Å². The summed E-state index contributed by atoms with van der Waals surface area (Å²) in [6.07, 6.45) is -13.6. The molecule has 1 saturated heterocycles. The number of benzene rings is 3. The standard InChI is InChI=1S/C33H37N3O14/c1-44-19-8-7-16-18-12-46-20-10-15(9-17(13-3-5-14(36-43)6-4-13)23(20)27(18)49-28(16)29(19)45-2)47-33-26(42)24(40)25(41)30(50-33)31(32(34)35)48-22(39)11-21(37)38/h3-10,18,24-27,30-33,36,40-43H,11-12,34-35H2,1-2H3,(H,37,38)/t18-,24-,25-,26+,27-,30-,31-,33-/m0/s1. The first kappa shape index (κ1) is 35.0. The number of nitrogens with one attached hydrogen (secondary N) is 1. The minimum absolute atomic E-state index is 0.0965. The van der Waals surface area contributed by atoms with Gasteiger partial charge in [0.2, 0.25) is 12.0 Å². The molecule has 0 aliphatic carbocycles. The molecule has 3 aromatic rings. The molecular formula is C33H37N3O14. The van der Waals surface area contributed by atoms with Crippen LogP contribution in [0.4, 0.5) is 5.69 Å². The number of nitrogens with two attached hydrogens (primary N) is 2. The third-order valence-electron chi connectivity index (χ3n) is 8.81. The average molecular weight is 700 g/mol. The number of aliphatic carboxylic acids is 1. The molecule has 50 heavy (non-hydrogen) atoms. The SMILES string of the molecule is COc1ccc2c(c1OC)O[C@@H]1c3c(cc(O[C@H]4O[C@H]([C@H](OC(=O)CC(=O)O)C(N)N)[C@@H](O)[C@H](O)[C@H]4O)cc3-c3ccc(NO)cc3)OC[C@@H]21. The molecule has 0 saturated carbocycles. The van der Waals surface area contributed by atoms with Crippen LogP contribution in [0.3, 0.4) is 0 Å². The second-order valence-electron chi connectivity index (χ2n) is 11.9. The van der Waals surface area contributed by atoms with Gasteiger partial charge in [0.05, 0.1) is 38.6 Å². The van der Waals surface area contributed by atoms with Gasteiger partial charge in [-0.1, -0.05) is 18.2 Å². The van der Waals surface area contributed by atoms with E-state index < -0.39 is 67.4 Å².